The fraction of sp³-hybridized carbons (Fsp3) is 0.278. The van der Waals surface area contributed by atoms with Crippen LogP contribution in [0.15, 0.2) is 48.9 Å². The molecule has 0 bridgehead atoms. The van der Waals surface area contributed by atoms with Gasteiger partial charge in [-0.3, -0.25) is 0 Å². The summed E-state index contributed by atoms with van der Waals surface area (Å²) < 4.78 is 39.5. The van der Waals surface area contributed by atoms with Gasteiger partial charge in [0.2, 0.25) is 0 Å². The molecule has 3 rings (SSSR count). The van der Waals surface area contributed by atoms with Crippen LogP contribution in [0.2, 0.25) is 0 Å². The molecule has 5 nitrogen and oxygen atoms in total. The number of rotatable bonds is 2. The smallest absolute Gasteiger partial charge is 0.318 e. The van der Waals surface area contributed by atoms with Gasteiger partial charge in [0.25, 0.3) is 0 Å². The molecule has 2 heterocycles. The summed E-state index contributed by atoms with van der Waals surface area (Å²) in [5, 5.41) is 2.78. The Labute approximate surface area is 148 Å². The van der Waals surface area contributed by atoms with E-state index in [0.717, 1.165) is 12.5 Å². The van der Waals surface area contributed by atoms with Gasteiger partial charge in [0, 0.05) is 24.5 Å². The van der Waals surface area contributed by atoms with E-state index in [-0.39, 0.29) is 30.7 Å². The van der Waals surface area contributed by atoms with E-state index in [0.29, 0.717) is 11.3 Å². The number of aromatic nitrogens is 2. The first-order valence-electron chi connectivity index (χ1n) is 8.05. The Morgan fingerprint density at radius 3 is 2.65 bits per heavy atom. The number of urea groups is 1. The number of anilines is 1. The standard InChI is InChI=1S/C18H17F3N4O/c1-12-9-13(16-15(18(19,20)21)10-22-11-23-16)7-8-25(12)17(26)24-14-5-3-2-4-6-14/h2-7,10-12H,8-9H2,1H3,(H,24,26)/t12-/m0/s1. The van der Waals surface area contributed by atoms with Crippen LogP contribution >= 0.6 is 0 Å². The van der Waals surface area contributed by atoms with E-state index in [4.69, 9.17) is 0 Å². The summed E-state index contributed by atoms with van der Waals surface area (Å²) in [4.78, 5) is 21.3. The number of halogens is 3. The van der Waals surface area contributed by atoms with Gasteiger partial charge in [0.15, 0.2) is 0 Å². The Morgan fingerprint density at radius 1 is 1.27 bits per heavy atom. The van der Waals surface area contributed by atoms with Crippen molar-refractivity contribution in [3.63, 3.8) is 0 Å². The molecule has 1 aliphatic heterocycles. The van der Waals surface area contributed by atoms with E-state index < -0.39 is 11.7 Å². The second-order valence-corrected chi connectivity index (χ2v) is 6.01. The highest BCUT2D eigenvalue weighted by Crippen LogP contribution is 2.36. The number of alkyl halides is 3. The fourth-order valence-electron chi connectivity index (χ4n) is 2.89. The average molecular weight is 362 g/mol. The van der Waals surface area contributed by atoms with Gasteiger partial charge in [-0.2, -0.15) is 13.2 Å². The molecule has 0 saturated carbocycles. The molecule has 0 fully saturated rings. The van der Waals surface area contributed by atoms with E-state index in [9.17, 15) is 18.0 Å². The second kappa shape index (κ2) is 7.15. The molecule has 2 amide bonds. The predicted octanol–water partition coefficient (Wildman–Crippen LogP) is 4.21. The molecule has 0 aliphatic carbocycles. The third-order valence-electron chi connectivity index (χ3n) is 4.19. The number of nitrogens with zero attached hydrogens (tertiary/aromatic N) is 3. The van der Waals surface area contributed by atoms with E-state index in [1.807, 2.05) is 6.07 Å². The largest absolute Gasteiger partial charge is 0.419 e. The van der Waals surface area contributed by atoms with E-state index in [1.165, 1.54) is 0 Å². The molecule has 1 atom stereocenters. The summed E-state index contributed by atoms with van der Waals surface area (Å²) in [6, 6.07) is 8.43. The van der Waals surface area contributed by atoms with Crippen LogP contribution in [0.1, 0.15) is 24.6 Å². The van der Waals surface area contributed by atoms with Crippen molar-refractivity contribution in [1.82, 2.24) is 14.9 Å². The average Bonchev–Trinajstić information content (AvgIpc) is 2.61. The van der Waals surface area contributed by atoms with Crippen molar-refractivity contribution in [3.8, 4) is 0 Å². The lowest BCUT2D eigenvalue weighted by Gasteiger charge is -2.33. The molecular formula is C18H17F3N4O. The second-order valence-electron chi connectivity index (χ2n) is 6.01. The van der Waals surface area contributed by atoms with Crippen LogP contribution in [0.4, 0.5) is 23.7 Å². The summed E-state index contributed by atoms with van der Waals surface area (Å²) in [6.45, 7) is 2.00. The summed E-state index contributed by atoms with van der Waals surface area (Å²) in [5.41, 5.74) is 0.147. The Morgan fingerprint density at radius 2 is 2.00 bits per heavy atom. The van der Waals surface area contributed by atoms with Crippen LogP contribution in [-0.2, 0) is 6.18 Å². The molecule has 0 spiro atoms. The van der Waals surface area contributed by atoms with Crippen LogP contribution in [0.3, 0.4) is 0 Å². The normalized spacial score (nSPS) is 17.6. The lowest BCUT2D eigenvalue weighted by molar-refractivity contribution is -0.138. The van der Waals surface area contributed by atoms with Crippen LogP contribution in [-0.4, -0.2) is 33.5 Å². The molecule has 2 aromatic rings. The number of nitrogens with one attached hydrogen (secondary N) is 1. The maximum atomic E-state index is 13.2. The van der Waals surface area contributed by atoms with Crippen molar-refractivity contribution in [2.75, 3.05) is 11.9 Å². The van der Waals surface area contributed by atoms with Gasteiger partial charge in [0.05, 0.1) is 11.3 Å². The number of para-hydroxylation sites is 1. The monoisotopic (exact) mass is 362 g/mol. The van der Waals surface area contributed by atoms with Crippen molar-refractivity contribution in [1.29, 1.82) is 0 Å². The Balaban J connectivity index is 1.79. The maximum Gasteiger partial charge on any atom is 0.419 e. The Bertz CT molecular complexity index is 821. The van der Waals surface area contributed by atoms with Gasteiger partial charge in [-0.15, -0.1) is 0 Å². The van der Waals surface area contributed by atoms with E-state index >= 15 is 0 Å². The maximum absolute atomic E-state index is 13.2. The minimum atomic E-state index is -4.53. The molecule has 1 aromatic heterocycles. The third-order valence-corrected chi connectivity index (χ3v) is 4.19. The first kappa shape index (κ1) is 17.9. The highest BCUT2D eigenvalue weighted by molar-refractivity contribution is 5.90. The molecular weight excluding hydrogens is 345 g/mol. The molecule has 0 unspecified atom stereocenters. The summed E-state index contributed by atoms with van der Waals surface area (Å²) >= 11 is 0. The van der Waals surface area contributed by atoms with Gasteiger partial charge in [-0.05, 0) is 31.1 Å². The number of hydrogen-bond donors (Lipinski definition) is 1. The van der Waals surface area contributed by atoms with Crippen molar-refractivity contribution in [2.24, 2.45) is 0 Å². The van der Waals surface area contributed by atoms with Crippen LogP contribution in [0.5, 0.6) is 0 Å². The minimum Gasteiger partial charge on any atom is -0.318 e. The highest BCUT2D eigenvalue weighted by atomic mass is 19.4. The lowest BCUT2D eigenvalue weighted by Crippen LogP contribution is -2.43. The van der Waals surface area contributed by atoms with Gasteiger partial charge >= 0.3 is 12.2 Å². The van der Waals surface area contributed by atoms with Gasteiger partial charge < -0.3 is 10.2 Å². The number of hydrogen-bond acceptors (Lipinski definition) is 3. The van der Waals surface area contributed by atoms with Crippen molar-refractivity contribution < 1.29 is 18.0 Å². The minimum absolute atomic E-state index is 0.123. The lowest BCUT2D eigenvalue weighted by atomic mass is 9.96. The van der Waals surface area contributed by atoms with Gasteiger partial charge in [0.1, 0.15) is 6.33 Å². The SMILES string of the molecule is C[C@H]1CC(c2ncncc2C(F)(F)F)=CCN1C(=O)Nc1ccccc1. The van der Waals surface area contributed by atoms with Crippen LogP contribution < -0.4 is 5.32 Å². The van der Waals surface area contributed by atoms with Gasteiger partial charge in [-0.25, -0.2) is 14.8 Å². The predicted molar refractivity (Wildman–Crippen MR) is 91.3 cm³/mol. The summed E-state index contributed by atoms with van der Waals surface area (Å²) in [6.07, 6.45) is -0.750. The van der Waals surface area contributed by atoms with Crippen LogP contribution in [0.25, 0.3) is 5.57 Å². The van der Waals surface area contributed by atoms with E-state index in [2.05, 4.69) is 15.3 Å². The number of benzene rings is 1. The highest BCUT2D eigenvalue weighted by Gasteiger charge is 2.36. The Kier molecular flexibility index (Phi) is 4.92. The number of amides is 2. The molecule has 1 aromatic carbocycles. The zero-order chi connectivity index (χ0) is 18.7. The fourth-order valence-corrected chi connectivity index (χ4v) is 2.89. The molecule has 136 valence electrons. The first-order chi connectivity index (χ1) is 12.4. The van der Waals surface area contributed by atoms with Crippen molar-refractivity contribution >= 4 is 17.3 Å². The Hall–Kier alpha value is -2.90. The summed E-state index contributed by atoms with van der Waals surface area (Å²) in [7, 11) is 0. The topological polar surface area (TPSA) is 58.1 Å². The zero-order valence-electron chi connectivity index (χ0n) is 14.0. The van der Waals surface area contributed by atoms with Crippen molar-refractivity contribution in [2.45, 2.75) is 25.6 Å². The first-order valence-corrected chi connectivity index (χ1v) is 8.05. The van der Waals surface area contributed by atoms with Gasteiger partial charge in [-0.1, -0.05) is 24.3 Å². The molecule has 8 heteroatoms. The summed E-state index contributed by atoms with van der Waals surface area (Å²) in [5.74, 6) is 0. The number of carbonyl (C=O) groups excluding carboxylic acids is 1. The third kappa shape index (κ3) is 3.84. The quantitative estimate of drug-likeness (QED) is 0.871. The molecule has 0 saturated heterocycles. The zero-order valence-corrected chi connectivity index (χ0v) is 14.0. The number of carbonyl (C=O) groups is 1. The molecule has 1 aliphatic rings. The molecule has 1 N–H and O–H groups in total. The van der Waals surface area contributed by atoms with Crippen molar-refractivity contribution in [3.05, 3.63) is 60.2 Å². The molecule has 26 heavy (non-hydrogen) atoms. The van der Waals surface area contributed by atoms with E-state index in [1.54, 1.807) is 42.2 Å². The molecule has 0 radical (unpaired) electrons. The van der Waals surface area contributed by atoms with Crippen LogP contribution in [0, 0.1) is 0 Å².